The van der Waals surface area contributed by atoms with Gasteiger partial charge in [0.1, 0.15) is 12.6 Å². The van der Waals surface area contributed by atoms with Crippen molar-refractivity contribution in [2.24, 2.45) is 0 Å². The van der Waals surface area contributed by atoms with Crippen LogP contribution in [0, 0.1) is 11.6 Å². The van der Waals surface area contributed by atoms with E-state index in [4.69, 9.17) is 23.2 Å². The number of carbonyl (C=O) groups is 2. The van der Waals surface area contributed by atoms with Crippen LogP contribution in [0.2, 0.25) is 10.0 Å². The van der Waals surface area contributed by atoms with Gasteiger partial charge < -0.3 is 10.2 Å². The standard InChI is InChI=1S/C24H29Cl2F2N3O4S/c1-6-21(23(33)29-24(2,3)4)30(13-16-17(25)8-7-9-18(16)26)22(32)14-31(36(5,34)35)15-10-11-19(27)20(28)12-15/h7-12,21H,6,13-14H2,1-5H3,(H,29,33)/t21-/m0/s1. The van der Waals surface area contributed by atoms with E-state index in [9.17, 15) is 26.8 Å². The highest BCUT2D eigenvalue weighted by molar-refractivity contribution is 7.92. The molecular formula is C24H29Cl2F2N3O4S. The van der Waals surface area contributed by atoms with Crippen LogP contribution in [0.4, 0.5) is 14.5 Å². The lowest BCUT2D eigenvalue weighted by molar-refractivity contribution is -0.141. The van der Waals surface area contributed by atoms with Crippen molar-refractivity contribution in [2.45, 2.75) is 52.2 Å². The van der Waals surface area contributed by atoms with Gasteiger partial charge in [-0.2, -0.15) is 0 Å². The molecule has 2 rings (SSSR count). The van der Waals surface area contributed by atoms with Gasteiger partial charge in [-0.25, -0.2) is 17.2 Å². The number of sulfonamides is 1. The van der Waals surface area contributed by atoms with Crippen LogP contribution in [0.25, 0.3) is 0 Å². The topological polar surface area (TPSA) is 86.8 Å². The van der Waals surface area contributed by atoms with Crippen LogP contribution >= 0.6 is 23.2 Å². The third-order valence-corrected chi connectivity index (χ3v) is 6.99. The van der Waals surface area contributed by atoms with Crippen LogP contribution in [-0.2, 0) is 26.2 Å². The molecule has 1 N–H and O–H groups in total. The van der Waals surface area contributed by atoms with Gasteiger partial charge in [0.05, 0.1) is 11.9 Å². The van der Waals surface area contributed by atoms with Gasteiger partial charge in [-0.3, -0.25) is 13.9 Å². The molecule has 0 radical (unpaired) electrons. The van der Waals surface area contributed by atoms with E-state index in [0.29, 0.717) is 15.9 Å². The first-order valence-electron chi connectivity index (χ1n) is 11.0. The number of amides is 2. The summed E-state index contributed by atoms with van der Waals surface area (Å²) in [4.78, 5) is 27.9. The highest BCUT2D eigenvalue weighted by Crippen LogP contribution is 2.28. The molecule has 1 atom stereocenters. The van der Waals surface area contributed by atoms with Crippen molar-refractivity contribution in [1.82, 2.24) is 10.2 Å². The molecule has 2 aromatic rings. The summed E-state index contributed by atoms with van der Waals surface area (Å²) < 4.78 is 53.0. The second-order valence-corrected chi connectivity index (χ2v) is 12.0. The van der Waals surface area contributed by atoms with Crippen molar-refractivity contribution >= 4 is 50.7 Å². The van der Waals surface area contributed by atoms with Crippen LogP contribution in [0.1, 0.15) is 39.7 Å². The lowest BCUT2D eigenvalue weighted by Crippen LogP contribution is -2.55. The predicted molar refractivity (Wildman–Crippen MR) is 138 cm³/mol. The van der Waals surface area contributed by atoms with Crippen molar-refractivity contribution in [3.05, 3.63) is 63.6 Å². The van der Waals surface area contributed by atoms with E-state index in [0.717, 1.165) is 18.4 Å². The molecule has 0 saturated carbocycles. The average Bonchev–Trinajstić information content (AvgIpc) is 2.73. The minimum Gasteiger partial charge on any atom is -0.350 e. The van der Waals surface area contributed by atoms with Crippen LogP contribution in [0.3, 0.4) is 0 Å². The van der Waals surface area contributed by atoms with E-state index in [2.05, 4.69) is 5.32 Å². The molecule has 0 saturated heterocycles. The number of hydrogen-bond donors (Lipinski definition) is 1. The monoisotopic (exact) mass is 563 g/mol. The van der Waals surface area contributed by atoms with Crippen LogP contribution in [-0.4, -0.2) is 49.5 Å². The molecule has 0 aliphatic heterocycles. The van der Waals surface area contributed by atoms with Crippen LogP contribution in [0.5, 0.6) is 0 Å². The molecule has 7 nitrogen and oxygen atoms in total. The van der Waals surface area contributed by atoms with Crippen molar-refractivity contribution < 1.29 is 26.8 Å². The van der Waals surface area contributed by atoms with Gasteiger partial charge in [-0.1, -0.05) is 36.2 Å². The molecule has 0 unspecified atom stereocenters. The van der Waals surface area contributed by atoms with E-state index < -0.39 is 51.6 Å². The van der Waals surface area contributed by atoms with Crippen molar-refractivity contribution in [2.75, 3.05) is 17.1 Å². The van der Waals surface area contributed by atoms with Gasteiger partial charge in [0.2, 0.25) is 21.8 Å². The lowest BCUT2D eigenvalue weighted by atomic mass is 10.1. The van der Waals surface area contributed by atoms with E-state index in [1.165, 1.54) is 4.90 Å². The molecule has 0 aromatic heterocycles. The number of rotatable bonds is 9. The Labute approximate surface area is 220 Å². The van der Waals surface area contributed by atoms with Gasteiger partial charge in [0.15, 0.2) is 11.6 Å². The van der Waals surface area contributed by atoms with Crippen molar-refractivity contribution in [3.63, 3.8) is 0 Å². The number of benzene rings is 2. The molecule has 0 aliphatic carbocycles. The zero-order chi connectivity index (χ0) is 27.4. The maximum atomic E-state index is 13.9. The summed E-state index contributed by atoms with van der Waals surface area (Å²) in [5.41, 5.74) is -0.478. The highest BCUT2D eigenvalue weighted by atomic mass is 35.5. The van der Waals surface area contributed by atoms with Crippen LogP contribution in [0.15, 0.2) is 36.4 Å². The number of halogens is 4. The maximum absolute atomic E-state index is 13.9. The fourth-order valence-corrected chi connectivity index (χ4v) is 4.84. The van der Waals surface area contributed by atoms with Crippen LogP contribution < -0.4 is 9.62 Å². The first kappa shape index (κ1) is 29.8. The van der Waals surface area contributed by atoms with E-state index in [1.54, 1.807) is 45.9 Å². The summed E-state index contributed by atoms with van der Waals surface area (Å²) in [6.45, 7) is 6.08. The summed E-state index contributed by atoms with van der Waals surface area (Å²) in [5.74, 6) is -3.67. The minimum atomic E-state index is -4.10. The number of carbonyl (C=O) groups excluding carboxylic acids is 2. The Balaban J connectivity index is 2.54. The molecular weight excluding hydrogens is 535 g/mol. The van der Waals surface area contributed by atoms with E-state index >= 15 is 0 Å². The maximum Gasteiger partial charge on any atom is 0.244 e. The Kier molecular flexibility index (Phi) is 9.72. The minimum absolute atomic E-state index is 0.192. The molecule has 12 heteroatoms. The second kappa shape index (κ2) is 11.7. The van der Waals surface area contributed by atoms with Crippen molar-refractivity contribution in [3.8, 4) is 0 Å². The summed E-state index contributed by atoms with van der Waals surface area (Å²) in [6.07, 6.45) is 1.03. The SMILES string of the molecule is CC[C@@H](C(=O)NC(C)(C)C)N(Cc1c(Cl)cccc1Cl)C(=O)CN(c1ccc(F)c(F)c1)S(C)(=O)=O. The molecule has 0 bridgehead atoms. The molecule has 198 valence electrons. The number of nitrogens with one attached hydrogen (secondary N) is 1. The first-order valence-corrected chi connectivity index (χ1v) is 13.6. The fraction of sp³-hybridized carbons (Fsp3) is 0.417. The van der Waals surface area contributed by atoms with Crippen molar-refractivity contribution in [1.29, 1.82) is 0 Å². The molecule has 36 heavy (non-hydrogen) atoms. The lowest BCUT2D eigenvalue weighted by Gasteiger charge is -2.34. The quantitative estimate of drug-likeness (QED) is 0.476. The Bertz CT molecular complexity index is 1220. The average molecular weight is 564 g/mol. The number of anilines is 1. The largest absolute Gasteiger partial charge is 0.350 e. The molecule has 0 fully saturated rings. The number of hydrogen-bond acceptors (Lipinski definition) is 4. The molecule has 2 amide bonds. The Morgan fingerprint density at radius 1 is 1.06 bits per heavy atom. The highest BCUT2D eigenvalue weighted by Gasteiger charge is 2.34. The summed E-state index contributed by atoms with van der Waals surface area (Å²) in [7, 11) is -4.10. The summed E-state index contributed by atoms with van der Waals surface area (Å²) >= 11 is 12.6. The fourth-order valence-electron chi connectivity index (χ4n) is 3.48. The predicted octanol–water partition coefficient (Wildman–Crippen LogP) is 4.76. The Morgan fingerprint density at radius 3 is 2.11 bits per heavy atom. The molecule has 0 aliphatic rings. The zero-order valence-corrected chi connectivity index (χ0v) is 22.9. The second-order valence-electron chi connectivity index (χ2n) is 9.25. The zero-order valence-electron chi connectivity index (χ0n) is 20.6. The van der Waals surface area contributed by atoms with Gasteiger partial charge in [0.25, 0.3) is 0 Å². The number of nitrogens with zero attached hydrogens (tertiary/aromatic N) is 2. The normalized spacial score (nSPS) is 12.7. The summed E-state index contributed by atoms with van der Waals surface area (Å²) in [6, 6.07) is 6.26. The smallest absolute Gasteiger partial charge is 0.244 e. The molecule has 2 aromatic carbocycles. The molecule has 0 heterocycles. The summed E-state index contributed by atoms with van der Waals surface area (Å²) in [5, 5.41) is 3.34. The van der Waals surface area contributed by atoms with Gasteiger partial charge in [-0.15, -0.1) is 0 Å². The van der Waals surface area contributed by atoms with Gasteiger partial charge in [-0.05, 0) is 51.5 Å². The third-order valence-electron chi connectivity index (χ3n) is 5.14. The van der Waals surface area contributed by atoms with E-state index in [-0.39, 0.29) is 28.7 Å². The Morgan fingerprint density at radius 2 is 1.64 bits per heavy atom. The van der Waals surface area contributed by atoms with Gasteiger partial charge >= 0.3 is 0 Å². The van der Waals surface area contributed by atoms with E-state index in [1.807, 2.05) is 0 Å². The Hall–Kier alpha value is -2.43. The molecule has 0 spiro atoms. The third kappa shape index (κ3) is 7.78. The van der Waals surface area contributed by atoms with Gasteiger partial charge in [0, 0.05) is 33.8 Å². The first-order chi connectivity index (χ1) is 16.5.